The lowest BCUT2D eigenvalue weighted by Gasteiger charge is -2.36. The number of aryl methyl sites for hydroxylation is 3. The van der Waals surface area contributed by atoms with Gasteiger partial charge >= 0.3 is 0 Å². The van der Waals surface area contributed by atoms with Crippen molar-refractivity contribution in [3.63, 3.8) is 0 Å². The molecule has 0 aliphatic carbocycles. The van der Waals surface area contributed by atoms with Crippen molar-refractivity contribution < 1.29 is 4.79 Å². The molecule has 1 aromatic carbocycles. The highest BCUT2D eigenvalue weighted by molar-refractivity contribution is 6.31. The summed E-state index contributed by atoms with van der Waals surface area (Å²) < 4.78 is 0. The second kappa shape index (κ2) is 8.70. The van der Waals surface area contributed by atoms with Crippen molar-refractivity contribution >= 4 is 34.8 Å². The molecular formula is C23H31ClN4O. The van der Waals surface area contributed by atoms with Gasteiger partial charge in [0.25, 0.3) is 0 Å². The molecule has 1 amide bonds. The SMILES string of the molecule is CCCCN(CC)c1nc(C)nc2c1CC(C)C(=O)N2c1c(C)cc(Cl)cc1C. The summed E-state index contributed by atoms with van der Waals surface area (Å²) in [7, 11) is 0. The minimum atomic E-state index is -0.132. The van der Waals surface area contributed by atoms with E-state index in [9.17, 15) is 4.79 Å². The van der Waals surface area contributed by atoms with E-state index < -0.39 is 0 Å². The fraction of sp³-hybridized carbons (Fsp3) is 0.522. The van der Waals surface area contributed by atoms with Gasteiger partial charge in [0.05, 0.1) is 5.69 Å². The van der Waals surface area contributed by atoms with Crippen LogP contribution in [0.3, 0.4) is 0 Å². The van der Waals surface area contributed by atoms with Crippen LogP contribution in [0.1, 0.15) is 56.1 Å². The smallest absolute Gasteiger partial charge is 0.235 e. The highest BCUT2D eigenvalue weighted by Crippen LogP contribution is 2.42. The van der Waals surface area contributed by atoms with Crippen LogP contribution in [0.4, 0.5) is 17.3 Å². The average Bonchev–Trinajstić information content (AvgIpc) is 2.65. The molecule has 1 unspecified atom stereocenters. The summed E-state index contributed by atoms with van der Waals surface area (Å²) in [4.78, 5) is 27.0. The van der Waals surface area contributed by atoms with Gasteiger partial charge in [0.1, 0.15) is 17.5 Å². The number of rotatable bonds is 6. The minimum Gasteiger partial charge on any atom is -0.356 e. The first-order valence-corrected chi connectivity index (χ1v) is 10.9. The van der Waals surface area contributed by atoms with Crippen LogP contribution in [0.25, 0.3) is 0 Å². The number of fused-ring (bicyclic) bond motifs is 1. The van der Waals surface area contributed by atoms with Crippen molar-refractivity contribution in [1.29, 1.82) is 0 Å². The second-order valence-corrected chi connectivity index (χ2v) is 8.43. The summed E-state index contributed by atoms with van der Waals surface area (Å²) in [6, 6.07) is 3.81. The Morgan fingerprint density at radius 3 is 2.41 bits per heavy atom. The zero-order valence-corrected chi connectivity index (χ0v) is 19.1. The van der Waals surface area contributed by atoms with Crippen LogP contribution in [-0.4, -0.2) is 29.0 Å². The Morgan fingerprint density at radius 1 is 1.17 bits per heavy atom. The molecule has 6 heteroatoms. The molecule has 1 atom stereocenters. The van der Waals surface area contributed by atoms with Gasteiger partial charge in [0, 0.05) is 29.6 Å². The maximum Gasteiger partial charge on any atom is 0.235 e. The average molecular weight is 415 g/mol. The normalized spacial score (nSPS) is 16.2. The van der Waals surface area contributed by atoms with Gasteiger partial charge in [-0.3, -0.25) is 9.69 Å². The van der Waals surface area contributed by atoms with Crippen molar-refractivity contribution in [2.75, 3.05) is 22.9 Å². The Hall–Kier alpha value is -2.14. The lowest BCUT2D eigenvalue weighted by molar-refractivity contribution is -0.121. The zero-order chi connectivity index (χ0) is 21.3. The molecule has 1 aliphatic rings. The lowest BCUT2D eigenvalue weighted by Crippen LogP contribution is -2.40. The molecule has 0 N–H and O–H groups in total. The lowest BCUT2D eigenvalue weighted by atomic mass is 9.93. The van der Waals surface area contributed by atoms with Crippen molar-refractivity contribution in [1.82, 2.24) is 9.97 Å². The number of amides is 1. The van der Waals surface area contributed by atoms with Gasteiger partial charge in [-0.05, 0) is 63.8 Å². The summed E-state index contributed by atoms with van der Waals surface area (Å²) in [6.45, 7) is 14.1. The van der Waals surface area contributed by atoms with E-state index in [1.165, 1.54) is 0 Å². The van der Waals surface area contributed by atoms with E-state index in [1.807, 2.05) is 39.8 Å². The molecular weight excluding hydrogens is 384 g/mol. The number of hydrogen-bond acceptors (Lipinski definition) is 4. The number of carbonyl (C=O) groups excluding carboxylic acids is 1. The number of halogens is 1. The molecule has 2 aromatic rings. The fourth-order valence-corrected chi connectivity index (χ4v) is 4.48. The van der Waals surface area contributed by atoms with Gasteiger partial charge in [0.2, 0.25) is 5.91 Å². The molecule has 29 heavy (non-hydrogen) atoms. The summed E-state index contributed by atoms with van der Waals surface area (Å²) in [5.74, 6) is 2.32. The maximum absolute atomic E-state index is 13.3. The predicted molar refractivity (Wildman–Crippen MR) is 121 cm³/mol. The zero-order valence-electron chi connectivity index (χ0n) is 18.3. The van der Waals surface area contributed by atoms with Gasteiger partial charge in [-0.25, -0.2) is 9.97 Å². The predicted octanol–water partition coefficient (Wildman–Crippen LogP) is 5.54. The quantitative estimate of drug-likeness (QED) is 0.622. The van der Waals surface area contributed by atoms with Crippen molar-refractivity contribution in [2.24, 2.45) is 5.92 Å². The summed E-state index contributed by atoms with van der Waals surface area (Å²) in [5.41, 5.74) is 3.89. The van der Waals surface area contributed by atoms with E-state index in [-0.39, 0.29) is 11.8 Å². The Morgan fingerprint density at radius 2 is 1.83 bits per heavy atom. The van der Waals surface area contributed by atoms with Crippen molar-refractivity contribution in [3.05, 3.63) is 39.7 Å². The topological polar surface area (TPSA) is 49.3 Å². The van der Waals surface area contributed by atoms with Crippen LogP contribution < -0.4 is 9.80 Å². The standard InChI is InChI=1S/C23H31ClN4O/c1-7-9-10-27(8-2)21-19-13-16(5)23(29)28(22(19)26-17(6)25-21)20-14(3)11-18(24)12-15(20)4/h11-12,16H,7-10,13H2,1-6H3. The molecule has 1 aliphatic heterocycles. The number of aromatic nitrogens is 2. The first-order chi connectivity index (χ1) is 13.8. The molecule has 0 saturated heterocycles. The highest BCUT2D eigenvalue weighted by atomic mass is 35.5. The van der Waals surface area contributed by atoms with Gasteiger partial charge in [-0.15, -0.1) is 0 Å². The number of unbranched alkanes of at least 4 members (excludes halogenated alkanes) is 1. The number of anilines is 3. The molecule has 1 aromatic heterocycles. The first kappa shape index (κ1) is 21.6. The number of nitrogens with zero attached hydrogens (tertiary/aromatic N) is 4. The third-order valence-corrected chi connectivity index (χ3v) is 5.80. The van der Waals surface area contributed by atoms with Crippen LogP contribution >= 0.6 is 11.6 Å². The molecule has 156 valence electrons. The summed E-state index contributed by atoms with van der Waals surface area (Å²) >= 11 is 6.25. The number of carbonyl (C=O) groups is 1. The monoisotopic (exact) mass is 414 g/mol. The summed E-state index contributed by atoms with van der Waals surface area (Å²) in [6.07, 6.45) is 2.90. The summed E-state index contributed by atoms with van der Waals surface area (Å²) in [5, 5.41) is 0.678. The van der Waals surface area contributed by atoms with Crippen LogP contribution in [0.5, 0.6) is 0 Å². The molecule has 3 rings (SSSR count). The molecule has 0 saturated carbocycles. The largest absolute Gasteiger partial charge is 0.356 e. The molecule has 5 nitrogen and oxygen atoms in total. The van der Waals surface area contributed by atoms with Crippen LogP contribution in [-0.2, 0) is 11.2 Å². The molecule has 0 radical (unpaired) electrons. The van der Waals surface area contributed by atoms with Crippen LogP contribution in [0, 0.1) is 26.7 Å². The number of hydrogen-bond donors (Lipinski definition) is 0. The van der Waals surface area contributed by atoms with E-state index in [0.717, 1.165) is 59.9 Å². The van der Waals surface area contributed by atoms with Gasteiger partial charge in [-0.1, -0.05) is 31.9 Å². The van der Waals surface area contributed by atoms with E-state index in [2.05, 4.69) is 18.7 Å². The van der Waals surface area contributed by atoms with Crippen molar-refractivity contribution in [3.8, 4) is 0 Å². The third kappa shape index (κ3) is 4.11. The van der Waals surface area contributed by atoms with Gasteiger partial charge in [0.15, 0.2) is 0 Å². The van der Waals surface area contributed by atoms with E-state index in [4.69, 9.17) is 21.6 Å². The first-order valence-electron chi connectivity index (χ1n) is 10.5. The van der Waals surface area contributed by atoms with E-state index >= 15 is 0 Å². The Bertz CT molecular complexity index is 904. The van der Waals surface area contributed by atoms with E-state index in [0.29, 0.717) is 17.3 Å². The highest BCUT2D eigenvalue weighted by Gasteiger charge is 2.36. The van der Waals surface area contributed by atoms with Crippen molar-refractivity contribution in [2.45, 2.75) is 60.8 Å². The molecule has 0 bridgehead atoms. The minimum absolute atomic E-state index is 0.0756. The van der Waals surface area contributed by atoms with E-state index in [1.54, 1.807) is 4.90 Å². The van der Waals surface area contributed by atoms with Crippen LogP contribution in [0.15, 0.2) is 12.1 Å². The number of benzene rings is 1. The fourth-order valence-electron chi connectivity index (χ4n) is 4.15. The molecule has 0 spiro atoms. The van der Waals surface area contributed by atoms with Gasteiger partial charge in [-0.2, -0.15) is 0 Å². The van der Waals surface area contributed by atoms with Crippen LogP contribution in [0.2, 0.25) is 5.02 Å². The Kier molecular flexibility index (Phi) is 6.47. The molecule has 2 heterocycles. The van der Waals surface area contributed by atoms with Gasteiger partial charge < -0.3 is 4.90 Å². The second-order valence-electron chi connectivity index (χ2n) is 8.00. The molecule has 0 fully saturated rings. The maximum atomic E-state index is 13.3. The third-order valence-electron chi connectivity index (χ3n) is 5.58. The Balaban J connectivity index is 2.23. The Labute approximate surface area is 179 Å².